The molecule has 0 saturated heterocycles. The molecule has 1 atom stereocenters. The summed E-state index contributed by atoms with van der Waals surface area (Å²) < 4.78 is 0. The molecule has 5 nitrogen and oxygen atoms in total. The Labute approximate surface area is 88.3 Å². The predicted molar refractivity (Wildman–Crippen MR) is 57.8 cm³/mol. The van der Waals surface area contributed by atoms with Crippen LogP contribution in [-0.4, -0.2) is 20.9 Å². The van der Waals surface area contributed by atoms with E-state index in [1.165, 1.54) is 0 Å². The van der Waals surface area contributed by atoms with Gasteiger partial charge in [-0.3, -0.25) is 0 Å². The molecule has 80 valence electrons. The molecule has 0 aliphatic carbocycles. The van der Waals surface area contributed by atoms with Crippen LogP contribution in [0.5, 0.6) is 0 Å². The summed E-state index contributed by atoms with van der Waals surface area (Å²) >= 11 is 0. The summed E-state index contributed by atoms with van der Waals surface area (Å²) in [6, 6.07) is 0. The lowest BCUT2D eigenvalue weighted by molar-refractivity contribution is 0.182. The summed E-state index contributed by atoms with van der Waals surface area (Å²) in [4.78, 5) is 12.6. The van der Waals surface area contributed by atoms with Crippen LogP contribution < -0.4 is 5.32 Å². The zero-order valence-corrected chi connectivity index (χ0v) is 9.02. The van der Waals surface area contributed by atoms with Gasteiger partial charge in [-0.1, -0.05) is 13.8 Å². The van der Waals surface area contributed by atoms with Crippen LogP contribution in [0.4, 0.5) is 5.82 Å². The predicted octanol–water partition coefficient (Wildman–Crippen LogP) is 1.43. The van der Waals surface area contributed by atoms with Crippen molar-refractivity contribution in [3.8, 4) is 0 Å². The molecule has 0 aromatic carbocycles. The first-order valence-electron chi connectivity index (χ1n) is 4.94. The standard InChI is InChI=1S/C10H14N4O/c1-5(2)7-4-11-9-8(14-7)10(15)13-6(3)12-9/h4-5,10,15H,1-3H3,(H,11,12,13). The summed E-state index contributed by atoms with van der Waals surface area (Å²) in [6.07, 6.45) is 0.828. The van der Waals surface area contributed by atoms with Gasteiger partial charge in [0, 0.05) is 0 Å². The molecule has 0 spiro atoms. The number of nitrogens with one attached hydrogen (secondary N) is 1. The molecule has 15 heavy (non-hydrogen) atoms. The van der Waals surface area contributed by atoms with Crippen molar-refractivity contribution in [2.24, 2.45) is 4.99 Å². The number of aliphatic imine (C=N–C) groups is 1. The molecule has 2 N–H and O–H groups in total. The molecule has 2 rings (SSSR count). The van der Waals surface area contributed by atoms with Crippen LogP contribution in [0.25, 0.3) is 0 Å². The summed E-state index contributed by atoms with van der Waals surface area (Å²) in [6.45, 7) is 5.85. The first-order chi connectivity index (χ1) is 7.08. The molecule has 1 aromatic rings. The van der Waals surface area contributed by atoms with E-state index in [1.54, 1.807) is 13.1 Å². The van der Waals surface area contributed by atoms with Gasteiger partial charge in [0.15, 0.2) is 12.0 Å². The van der Waals surface area contributed by atoms with Crippen molar-refractivity contribution in [2.75, 3.05) is 5.32 Å². The lowest BCUT2D eigenvalue weighted by Gasteiger charge is -2.19. The molecule has 1 aromatic heterocycles. The third kappa shape index (κ3) is 1.83. The molecule has 2 heterocycles. The van der Waals surface area contributed by atoms with E-state index in [9.17, 15) is 5.11 Å². The van der Waals surface area contributed by atoms with Crippen molar-refractivity contribution in [3.05, 3.63) is 17.6 Å². The van der Waals surface area contributed by atoms with Crippen molar-refractivity contribution in [1.82, 2.24) is 9.97 Å². The van der Waals surface area contributed by atoms with E-state index in [1.807, 2.05) is 13.8 Å². The van der Waals surface area contributed by atoms with Crippen molar-refractivity contribution < 1.29 is 5.11 Å². The summed E-state index contributed by atoms with van der Waals surface area (Å²) in [5, 5.41) is 12.7. The minimum absolute atomic E-state index is 0.294. The fourth-order valence-corrected chi connectivity index (χ4v) is 1.42. The summed E-state index contributed by atoms with van der Waals surface area (Å²) in [5.41, 5.74) is 1.37. The number of amidine groups is 1. The maximum atomic E-state index is 9.71. The quantitative estimate of drug-likeness (QED) is 0.729. The molecule has 0 amide bonds. The average Bonchev–Trinajstić information content (AvgIpc) is 2.16. The lowest BCUT2D eigenvalue weighted by Crippen LogP contribution is -2.20. The molecule has 0 bridgehead atoms. The van der Waals surface area contributed by atoms with E-state index < -0.39 is 6.23 Å². The van der Waals surface area contributed by atoms with E-state index in [0.717, 1.165) is 5.69 Å². The smallest absolute Gasteiger partial charge is 0.194 e. The molecule has 1 aliphatic heterocycles. The zero-order valence-electron chi connectivity index (χ0n) is 9.02. The Morgan fingerprint density at radius 3 is 2.87 bits per heavy atom. The molecule has 1 aliphatic rings. The van der Waals surface area contributed by atoms with Crippen LogP contribution in [0, 0.1) is 0 Å². The molecule has 0 radical (unpaired) electrons. The maximum Gasteiger partial charge on any atom is 0.194 e. The Morgan fingerprint density at radius 2 is 2.20 bits per heavy atom. The van der Waals surface area contributed by atoms with Gasteiger partial charge in [-0.15, -0.1) is 0 Å². The van der Waals surface area contributed by atoms with Crippen LogP contribution in [0.15, 0.2) is 11.2 Å². The maximum absolute atomic E-state index is 9.71. The van der Waals surface area contributed by atoms with Gasteiger partial charge >= 0.3 is 0 Å². The van der Waals surface area contributed by atoms with Crippen LogP contribution in [0.1, 0.15) is 44.3 Å². The number of hydrogen-bond acceptors (Lipinski definition) is 5. The first kappa shape index (κ1) is 10.0. The number of aliphatic hydroxyl groups is 1. The van der Waals surface area contributed by atoms with Crippen molar-refractivity contribution in [1.29, 1.82) is 0 Å². The number of rotatable bonds is 1. The topological polar surface area (TPSA) is 70.4 Å². The largest absolute Gasteiger partial charge is 0.366 e. The SMILES string of the molecule is CC1=NC(O)c2nc(C(C)C)cnc2N1. The highest BCUT2D eigenvalue weighted by molar-refractivity contribution is 5.94. The molecule has 5 heteroatoms. The van der Waals surface area contributed by atoms with Crippen molar-refractivity contribution in [2.45, 2.75) is 32.9 Å². The summed E-state index contributed by atoms with van der Waals surface area (Å²) in [5.74, 6) is 1.54. The molecule has 1 unspecified atom stereocenters. The van der Waals surface area contributed by atoms with E-state index in [4.69, 9.17) is 0 Å². The average molecular weight is 206 g/mol. The van der Waals surface area contributed by atoms with Gasteiger partial charge in [0.2, 0.25) is 0 Å². The fraction of sp³-hybridized carbons (Fsp3) is 0.500. The second-order valence-electron chi connectivity index (χ2n) is 3.90. The molecular formula is C10H14N4O. The van der Waals surface area contributed by atoms with Gasteiger partial charge in [-0.2, -0.15) is 0 Å². The van der Waals surface area contributed by atoms with Crippen LogP contribution in [0.3, 0.4) is 0 Å². The number of hydrogen-bond donors (Lipinski definition) is 2. The van der Waals surface area contributed by atoms with Crippen LogP contribution in [-0.2, 0) is 0 Å². The Balaban J connectivity index is 2.44. The molecule has 0 fully saturated rings. The van der Waals surface area contributed by atoms with E-state index >= 15 is 0 Å². The second-order valence-corrected chi connectivity index (χ2v) is 3.90. The van der Waals surface area contributed by atoms with Gasteiger partial charge in [-0.05, 0) is 12.8 Å². The third-order valence-electron chi connectivity index (χ3n) is 2.27. The highest BCUT2D eigenvalue weighted by Gasteiger charge is 2.21. The Hall–Kier alpha value is -1.49. The van der Waals surface area contributed by atoms with E-state index in [-0.39, 0.29) is 0 Å². The van der Waals surface area contributed by atoms with Crippen molar-refractivity contribution >= 4 is 11.7 Å². The highest BCUT2D eigenvalue weighted by Crippen LogP contribution is 2.25. The second kappa shape index (κ2) is 3.58. The highest BCUT2D eigenvalue weighted by atomic mass is 16.3. The zero-order chi connectivity index (χ0) is 11.0. The first-order valence-corrected chi connectivity index (χ1v) is 4.94. The van der Waals surface area contributed by atoms with Crippen molar-refractivity contribution in [3.63, 3.8) is 0 Å². The Bertz CT molecular complexity index is 414. The van der Waals surface area contributed by atoms with Gasteiger partial charge in [0.05, 0.1) is 11.9 Å². The minimum atomic E-state index is -0.896. The Morgan fingerprint density at radius 1 is 1.47 bits per heavy atom. The molecule has 0 saturated carbocycles. The van der Waals surface area contributed by atoms with Crippen LogP contribution in [0.2, 0.25) is 0 Å². The number of aliphatic hydroxyl groups excluding tert-OH is 1. The number of anilines is 1. The van der Waals surface area contributed by atoms with E-state index in [2.05, 4.69) is 20.3 Å². The number of nitrogens with zero attached hydrogens (tertiary/aromatic N) is 3. The fourth-order valence-electron chi connectivity index (χ4n) is 1.42. The number of fused-ring (bicyclic) bond motifs is 1. The van der Waals surface area contributed by atoms with Gasteiger partial charge < -0.3 is 10.4 Å². The lowest BCUT2D eigenvalue weighted by atomic mass is 10.1. The van der Waals surface area contributed by atoms with E-state index in [0.29, 0.717) is 23.3 Å². The monoisotopic (exact) mass is 206 g/mol. The molecular weight excluding hydrogens is 192 g/mol. The third-order valence-corrected chi connectivity index (χ3v) is 2.27. The minimum Gasteiger partial charge on any atom is -0.366 e. The Kier molecular flexibility index (Phi) is 2.40. The summed E-state index contributed by atoms with van der Waals surface area (Å²) in [7, 11) is 0. The van der Waals surface area contributed by atoms with Gasteiger partial charge in [-0.25, -0.2) is 15.0 Å². The number of aromatic nitrogens is 2. The van der Waals surface area contributed by atoms with Gasteiger partial charge in [0.1, 0.15) is 11.5 Å². The normalized spacial score (nSPS) is 19.5. The van der Waals surface area contributed by atoms with Gasteiger partial charge in [0.25, 0.3) is 0 Å². The van der Waals surface area contributed by atoms with Crippen LogP contribution >= 0.6 is 0 Å².